The minimum atomic E-state index is -4.43. The van der Waals surface area contributed by atoms with Crippen LogP contribution in [-0.4, -0.2) is 9.78 Å². The van der Waals surface area contributed by atoms with Gasteiger partial charge >= 0.3 is 6.18 Å². The molecule has 0 spiro atoms. The van der Waals surface area contributed by atoms with E-state index in [1.807, 2.05) is 0 Å². The van der Waals surface area contributed by atoms with Gasteiger partial charge in [-0.2, -0.15) is 23.0 Å². The van der Waals surface area contributed by atoms with E-state index in [1.165, 1.54) is 12.1 Å². The first kappa shape index (κ1) is 16.8. The van der Waals surface area contributed by atoms with Gasteiger partial charge in [0.2, 0.25) is 0 Å². The highest BCUT2D eigenvalue weighted by atomic mass is 19.4. The van der Waals surface area contributed by atoms with Crippen LogP contribution in [0.1, 0.15) is 11.3 Å². The van der Waals surface area contributed by atoms with Gasteiger partial charge in [0.1, 0.15) is 0 Å². The highest BCUT2D eigenvalue weighted by Gasteiger charge is 2.30. The van der Waals surface area contributed by atoms with Crippen LogP contribution in [0.2, 0.25) is 0 Å². The largest absolute Gasteiger partial charge is 0.416 e. The minimum Gasteiger partial charge on any atom is -0.399 e. The summed E-state index contributed by atoms with van der Waals surface area (Å²) >= 11 is 0. The topological polar surface area (TPSA) is 60.9 Å². The fourth-order valence-corrected chi connectivity index (χ4v) is 2.50. The van der Waals surface area contributed by atoms with Crippen LogP contribution in [0.5, 0.6) is 0 Å². The van der Waals surface area contributed by atoms with Gasteiger partial charge < -0.3 is 5.73 Å². The van der Waals surface area contributed by atoms with E-state index >= 15 is 0 Å². The zero-order chi connectivity index (χ0) is 18.2. The fraction of sp³-hybridized carbons (Fsp3) is 0.111. The van der Waals surface area contributed by atoms with Gasteiger partial charge in [0.05, 0.1) is 22.5 Å². The molecule has 0 aliphatic rings. The lowest BCUT2D eigenvalue weighted by Crippen LogP contribution is -2.23. The Morgan fingerprint density at radius 1 is 1.04 bits per heavy atom. The molecule has 0 fully saturated rings. The number of nitrogen functional groups attached to an aromatic ring is 1. The average Bonchev–Trinajstić information content (AvgIpc) is 2.56. The molecule has 0 unspecified atom stereocenters. The van der Waals surface area contributed by atoms with Crippen molar-refractivity contribution >= 4 is 5.69 Å². The summed E-state index contributed by atoms with van der Waals surface area (Å²) in [7, 11) is 0. The molecule has 3 aromatic rings. The van der Waals surface area contributed by atoms with E-state index in [4.69, 9.17) is 5.73 Å². The maximum atomic E-state index is 12.8. The van der Waals surface area contributed by atoms with Gasteiger partial charge in [-0.3, -0.25) is 4.79 Å². The third-order valence-corrected chi connectivity index (χ3v) is 3.67. The lowest BCUT2D eigenvalue weighted by atomic mass is 10.1. The monoisotopic (exact) mass is 345 g/mol. The molecule has 0 radical (unpaired) electrons. The van der Waals surface area contributed by atoms with Crippen LogP contribution in [0.15, 0.2) is 59.4 Å². The standard InChI is InChI=1S/C18H14F3N3O/c1-11-9-16(12-3-2-4-14(22)10-12)17(25)24(23-11)15-7-5-13(6-8-15)18(19,20)21/h2-10H,22H2,1H3. The third-order valence-electron chi connectivity index (χ3n) is 3.67. The van der Waals surface area contributed by atoms with Gasteiger partial charge in [-0.1, -0.05) is 12.1 Å². The number of anilines is 1. The molecule has 1 heterocycles. The first-order valence-corrected chi connectivity index (χ1v) is 7.40. The summed E-state index contributed by atoms with van der Waals surface area (Å²) in [4.78, 5) is 12.8. The molecule has 4 nitrogen and oxygen atoms in total. The SMILES string of the molecule is Cc1cc(-c2cccc(N)c2)c(=O)n(-c2ccc(C(F)(F)F)cc2)n1. The first-order chi connectivity index (χ1) is 11.8. The maximum Gasteiger partial charge on any atom is 0.416 e. The maximum absolute atomic E-state index is 12.8. The van der Waals surface area contributed by atoms with Crippen LogP contribution < -0.4 is 11.3 Å². The number of nitrogens with two attached hydrogens (primary N) is 1. The first-order valence-electron chi connectivity index (χ1n) is 7.40. The quantitative estimate of drug-likeness (QED) is 0.719. The van der Waals surface area contributed by atoms with Crippen LogP contribution in [0.25, 0.3) is 16.8 Å². The normalized spacial score (nSPS) is 11.5. The Bertz CT molecular complexity index is 976. The fourth-order valence-electron chi connectivity index (χ4n) is 2.50. The molecule has 0 atom stereocenters. The number of hydrogen-bond acceptors (Lipinski definition) is 3. The summed E-state index contributed by atoms with van der Waals surface area (Å²) in [5.74, 6) is 0. The van der Waals surface area contributed by atoms with E-state index in [-0.39, 0.29) is 5.69 Å². The number of aromatic nitrogens is 2. The van der Waals surface area contributed by atoms with Gasteiger partial charge in [0, 0.05) is 5.69 Å². The second-order valence-electron chi connectivity index (χ2n) is 5.59. The van der Waals surface area contributed by atoms with Crippen molar-refractivity contribution in [3.05, 3.63) is 76.2 Å². The van der Waals surface area contributed by atoms with Crippen molar-refractivity contribution in [3.63, 3.8) is 0 Å². The summed E-state index contributed by atoms with van der Waals surface area (Å²) in [6.07, 6.45) is -4.43. The van der Waals surface area contributed by atoms with Crippen molar-refractivity contribution in [2.45, 2.75) is 13.1 Å². The van der Waals surface area contributed by atoms with Crippen LogP contribution in [-0.2, 0) is 6.18 Å². The molecule has 0 amide bonds. The number of aryl methyl sites for hydroxylation is 1. The molecule has 0 aliphatic carbocycles. The summed E-state index contributed by atoms with van der Waals surface area (Å²) in [6.45, 7) is 1.70. The molecule has 128 valence electrons. The van der Waals surface area contributed by atoms with E-state index in [9.17, 15) is 18.0 Å². The van der Waals surface area contributed by atoms with E-state index < -0.39 is 17.3 Å². The molecule has 25 heavy (non-hydrogen) atoms. The average molecular weight is 345 g/mol. The molecule has 0 aliphatic heterocycles. The van der Waals surface area contributed by atoms with E-state index in [0.717, 1.165) is 16.8 Å². The molecule has 3 rings (SSSR count). The highest BCUT2D eigenvalue weighted by molar-refractivity contribution is 5.67. The third kappa shape index (κ3) is 3.40. The number of benzene rings is 2. The van der Waals surface area contributed by atoms with Crippen molar-refractivity contribution in [2.75, 3.05) is 5.73 Å². The molecule has 0 bridgehead atoms. The summed E-state index contributed by atoms with van der Waals surface area (Å²) in [6, 6.07) is 12.7. The minimum absolute atomic E-state index is 0.256. The second-order valence-corrected chi connectivity index (χ2v) is 5.59. The van der Waals surface area contributed by atoms with Gasteiger partial charge in [-0.25, -0.2) is 0 Å². The number of nitrogens with zero attached hydrogens (tertiary/aromatic N) is 2. The molecule has 0 saturated heterocycles. The summed E-state index contributed by atoms with van der Waals surface area (Å²) in [5.41, 5.74) is 6.85. The number of rotatable bonds is 2. The molecular formula is C18H14F3N3O. The zero-order valence-electron chi connectivity index (χ0n) is 13.2. The lowest BCUT2D eigenvalue weighted by Gasteiger charge is -2.11. The van der Waals surface area contributed by atoms with Crippen molar-refractivity contribution in [3.8, 4) is 16.8 Å². The van der Waals surface area contributed by atoms with Crippen LogP contribution >= 0.6 is 0 Å². The second kappa shape index (κ2) is 6.08. The van der Waals surface area contributed by atoms with Gasteiger partial charge in [-0.15, -0.1) is 0 Å². The van der Waals surface area contributed by atoms with Crippen molar-refractivity contribution in [2.24, 2.45) is 0 Å². The Kier molecular flexibility index (Phi) is 4.08. The molecule has 2 aromatic carbocycles. The molecule has 1 aromatic heterocycles. The Morgan fingerprint density at radius 2 is 1.72 bits per heavy atom. The van der Waals surface area contributed by atoms with Crippen molar-refractivity contribution in [1.29, 1.82) is 0 Å². The van der Waals surface area contributed by atoms with E-state index in [1.54, 1.807) is 37.3 Å². The highest BCUT2D eigenvalue weighted by Crippen LogP contribution is 2.29. The molecule has 7 heteroatoms. The van der Waals surface area contributed by atoms with Gasteiger partial charge in [-0.05, 0) is 55.0 Å². The Labute approximate surface area is 141 Å². The Morgan fingerprint density at radius 3 is 2.32 bits per heavy atom. The Hall–Kier alpha value is -3.09. The smallest absolute Gasteiger partial charge is 0.399 e. The summed E-state index contributed by atoms with van der Waals surface area (Å²) < 4.78 is 39.2. The van der Waals surface area contributed by atoms with Crippen LogP contribution in [0.4, 0.5) is 18.9 Å². The number of alkyl halides is 3. The molecular weight excluding hydrogens is 331 g/mol. The van der Waals surface area contributed by atoms with Crippen LogP contribution in [0.3, 0.4) is 0 Å². The lowest BCUT2D eigenvalue weighted by molar-refractivity contribution is -0.137. The van der Waals surface area contributed by atoms with Crippen molar-refractivity contribution < 1.29 is 13.2 Å². The van der Waals surface area contributed by atoms with E-state index in [0.29, 0.717) is 22.5 Å². The number of hydrogen-bond donors (Lipinski definition) is 1. The van der Waals surface area contributed by atoms with Crippen LogP contribution in [0, 0.1) is 6.92 Å². The zero-order valence-corrected chi connectivity index (χ0v) is 13.2. The van der Waals surface area contributed by atoms with Crippen molar-refractivity contribution in [1.82, 2.24) is 9.78 Å². The summed E-state index contributed by atoms with van der Waals surface area (Å²) in [5, 5.41) is 4.14. The predicted molar refractivity (Wildman–Crippen MR) is 89.4 cm³/mol. The molecule has 2 N–H and O–H groups in total. The molecule has 0 saturated carbocycles. The number of halogens is 3. The predicted octanol–water partition coefficient (Wildman–Crippen LogP) is 3.81. The van der Waals surface area contributed by atoms with Gasteiger partial charge in [0.15, 0.2) is 0 Å². The Balaban J connectivity index is 2.13. The van der Waals surface area contributed by atoms with E-state index in [2.05, 4.69) is 5.10 Å². The van der Waals surface area contributed by atoms with Gasteiger partial charge in [0.25, 0.3) is 5.56 Å².